The predicted octanol–water partition coefficient (Wildman–Crippen LogP) is 5.36. The van der Waals surface area contributed by atoms with Gasteiger partial charge in [-0.05, 0) is 13.1 Å². The normalized spacial score (nSPS) is 10.7. The van der Waals surface area contributed by atoms with E-state index in [1.807, 2.05) is 0 Å². The van der Waals surface area contributed by atoms with E-state index in [-0.39, 0.29) is 0 Å². The van der Waals surface area contributed by atoms with Gasteiger partial charge in [0.2, 0.25) is 11.6 Å². The molecule has 11 heteroatoms. The summed E-state index contributed by atoms with van der Waals surface area (Å²) in [6, 6.07) is 0. The second kappa shape index (κ2) is 9.07. The summed E-state index contributed by atoms with van der Waals surface area (Å²) in [5, 5.41) is 3.11. The monoisotopic (exact) mass is 407 g/mol. The molecular weight excluding hydrogens is 396 g/mol. The van der Waals surface area contributed by atoms with Gasteiger partial charge in [-0.15, -0.1) is 0 Å². The van der Waals surface area contributed by atoms with Crippen LogP contribution in [0.1, 0.15) is 13.8 Å². The molecule has 0 aromatic heterocycles. The molecule has 0 saturated heterocycles. The lowest BCUT2D eigenvalue weighted by molar-refractivity contribution is 0.370. The molecule has 27 heavy (non-hydrogen) atoms. The molecule has 0 spiro atoms. The van der Waals surface area contributed by atoms with Crippen LogP contribution < -0.4 is 5.32 Å². The molecule has 0 aliphatic carbocycles. The first-order valence-electron chi connectivity index (χ1n) is 7.26. The second-order valence-corrected chi connectivity index (χ2v) is 4.85. The van der Waals surface area contributed by atoms with Gasteiger partial charge in [-0.3, -0.25) is 0 Å². The van der Waals surface area contributed by atoms with Gasteiger partial charge in [0.25, 0.3) is 0 Å². The van der Waals surface area contributed by atoms with E-state index in [2.05, 4.69) is 19.2 Å². The third-order valence-corrected chi connectivity index (χ3v) is 3.17. The molecule has 150 valence electrons. The average Bonchev–Trinajstić information content (AvgIpc) is 2.65. The molecule has 0 aliphatic heterocycles. The standard InChI is InChI=1S/C12F10.C4H11N/c13-3-1(4(14)8(18)11(21)7(3)17)2-5(15)9(19)12(22)10(20)6(2)16;1-3-5-4-2/h;5H,3-4H2,1-2H3. The zero-order valence-corrected chi connectivity index (χ0v) is 13.7. The smallest absolute Gasteiger partial charge is 0.200 e. The van der Waals surface area contributed by atoms with E-state index in [9.17, 15) is 43.9 Å². The predicted molar refractivity (Wildman–Crippen MR) is 75.7 cm³/mol. The van der Waals surface area contributed by atoms with E-state index in [1.165, 1.54) is 0 Å². The van der Waals surface area contributed by atoms with E-state index in [0.717, 1.165) is 13.1 Å². The van der Waals surface area contributed by atoms with Crippen molar-refractivity contribution in [3.05, 3.63) is 58.2 Å². The fourth-order valence-corrected chi connectivity index (χ4v) is 1.90. The summed E-state index contributed by atoms with van der Waals surface area (Å²) >= 11 is 0. The Morgan fingerprint density at radius 2 is 0.593 bits per heavy atom. The van der Waals surface area contributed by atoms with Crippen molar-refractivity contribution in [3.63, 3.8) is 0 Å². The minimum Gasteiger partial charge on any atom is -0.317 e. The van der Waals surface area contributed by atoms with E-state index < -0.39 is 69.3 Å². The third kappa shape index (κ3) is 4.18. The highest BCUT2D eigenvalue weighted by molar-refractivity contribution is 5.67. The van der Waals surface area contributed by atoms with Crippen LogP contribution >= 0.6 is 0 Å². The van der Waals surface area contributed by atoms with Gasteiger partial charge in [0, 0.05) is 0 Å². The van der Waals surface area contributed by atoms with Gasteiger partial charge in [0.05, 0.1) is 11.1 Å². The SMILES string of the molecule is CCNCC.Fc1c(F)c(F)c(-c2c(F)c(F)c(F)c(F)c2F)c(F)c1F. The van der Waals surface area contributed by atoms with Crippen molar-refractivity contribution in [2.75, 3.05) is 13.1 Å². The Hall–Kier alpha value is -2.30. The molecule has 0 bridgehead atoms. The summed E-state index contributed by atoms with van der Waals surface area (Å²) in [7, 11) is 0. The molecule has 0 fully saturated rings. The fraction of sp³-hybridized carbons (Fsp3) is 0.250. The lowest BCUT2D eigenvalue weighted by Crippen LogP contribution is -2.10. The van der Waals surface area contributed by atoms with Crippen molar-refractivity contribution in [2.45, 2.75) is 13.8 Å². The van der Waals surface area contributed by atoms with Crippen molar-refractivity contribution in [1.82, 2.24) is 5.32 Å². The fourth-order valence-electron chi connectivity index (χ4n) is 1.90. The quantitative estimate of drug-likeness (QED) is 0.410. The number of hydrogen-bond acceptors (Lipinski definition) is 1. The highest BCUT2D eigenvalue weighted by atomic mass is 19.2. The van der Waals surface area contributed by atoms with E-state index in [4.69, 9.17) is 0 Å². The molecule has 0 heterocycles. The minimum atomic E-state index is -2.68. The Bertz CT molecular complexity index is 723. The highest BCUT2D eigenvalue weighted by Gasteiger charge is 2.34. The zero-order chi connectivity index (χ0) is 21.0. The summed E-state index contributed by atoms with van der Waals surface area (Å²) in [6.45, 7) is 6.39. The van der Waals surface area contributed by atoms with Gasteiger partial charge in [0.15, 0.2) is 46.5 Å². The van der Waals surface area contributed by atoms with Crippen molar-refractivity contribution in [1.29, 1.82) is 0 Å². The molecule has 1 N–H and O–H groups in total. The lowest BCUT2D eigenvalue weighted by Gasteiger charge is -2.11. The lowest BCUT2D eigenvalue weighted by atomic mass is 10.0. The summed E-state index contributed by atoms with van der Waals surface area (Å²) in [5.41, 5.74) is -4.52. The van der Waals surface area contributed by atoms with Crippen molar-refractivity contribution in [3.8, 4) is 11.1 Å². The number of benzene rings is 2. The summed E-state index contributed by atoms with van der Waals surface area (Å²) in [4.78, 5) is 0. The molecule has 0 atom stereocenters. The topological polar surface area (TPSA) is 12.0 Å². The Labute approximate surface area is 146 Å². The van der Waals surface area contributed by atoms with E-state index >= 15 is 0 Å². The van der Waals surface area contributed by atoms with Crippen LogP contribution in [0.5, 0.6) is 0 Å². The Morgan fingerprint density at radius 1 is 0.407 bits per heavy atom. The van der Waals surface area contributed by atoms with Crippen LogP contribution in [0.2, 0.25) is 0 Å². The Balaban J connectivity index is 0.000000646. The zero-order valence-electron chi connectivity index (χ0n) is 13.7. The first-order valence-corrected chi connectivity index (χ1v) is 7.26. The van der Waals surface area contributed by atoms with Crippen LogP contribution in [-0.2, 0) is 0 Å². The average molecular weight is 407 g/mol. The molecule has 1 nitrogen and oxygen atoms in total. The van der Waals surface area contributed by atoms with Crippen LogP contribution in [0.25, 0.3) is 11.1 Å². The second-order valence-electron chi connectivity index (χ2n) is 4.85. The Kier molecular flexibility index (Phi) is 7.64. The Morgan fingerprint density at radius 3 is 0.741 bits per heavy atom. The minimum absolute atomic E-state index is 1.09. The van der Waals surface area contributed by atoms with Crippen molar-refractivity contribution in [2.24, 2.45) is 0 Å². The third-order valence-electron chi connectivity index (χ3n) is 3.17. The molecule has 2 rings (SSSR count). The first-order chi connectivity index (χ1) is 12.5. The molecule has 0 aliphatic rings. The van der Waals surface area contributed by atoms with Gasteiger partial charge in [-0.25, -0.2) is 43.9 Å². The molecule has 0 saturated carbocycles. The van der Waals surface area contributed by atoms with E-state index in [0.29, 0.717) is 0 Å². The molecule has 0 radical (unpaired) electrons. The molecule has 0 unspecified atom stereocenters. The summed E-state index contributed by atoms with van der Waals surface area (Å²) in [6.07, 6.45) is 0. The van der Waals surface area contributed by atoms with Crippen LogP contribution in [0.4, 0.5) is 43.9 Å². The molecule has 2 aromatic carbocycles. The van der Waals surface area contributed by atoms with Crippen molar-refractivity contribution < 1.29 is 43.9 Å². The number of nitrogens with one attached hydrogen (secondary N) is 1. The van der Waals surface area contributed by atoms with Gasteiger partial charge in [-0.1, -0.05) is 13.8 Å². The van der Waals surface area contributed by atoms with Crippen LogP contribution in [0.15, 0.2) is 0 Å². The summed E-state index contributed by atoms with van der Waals surface area (Å²) in [5.74, 6) is -26.6. The number of halogens is 10. The van der Waals surface area contributed by atoms with Crippen LogP contribution in [0, 0.1) is 58.2 Å². The first kappa shape index (κ1) is 22.7. The maximum Gasteiger partial charge on any atom is 0.200 e. The van der Waals surface area contributed by atoms with Crippen molar-refractivity contribution >= 4 is 0 Å². The highest BCUT2D eigenvalue weighted by Crippen LogP contribution is 2.37. The molecule has 2 aromatic rings. The molecular formula is C16H11F10N. The van der Waals surface area contributed by atoms with Crippen LogP contribution in [-0.4, -0.2) is 13.1 Å². The van der Waals surface area contributed by atoms with E-state index in [1.54, 1.807) is 0 Å². The summed E-state index contributed by atoms with van der Waals surface area (Å²) < 4.78 is 131. The van der Waals surface area contributed by atoms with Gasteiger partial charge >= 0.3 is 0 Å². The van der Waals surface area contributed by atoms with Crippen LogP contribution in [0.3, 0.4) is 0 Å². The van der Waals surface area contributed by atoms with Gasteiger partial charge in [-0.2, -0.15) is 0 Å². The van der Waals surface area contributed by atoms with Gasteiger partial charge in [0.1, 0.15) is 0 Å². The maximum absolute atomic E-state index is 13.4. The van der Waals surface area contributed by atoms with Gasteiger partial charge < -0.3 is 5.32 Å². The largest absolute Gasteiger partial charge is 0.317 e. The number of rotatable bonds is 3. The maximum atomic E-state index is 13.4. The molecule has 0 amide bonds. The number of hydrogen-bond donors (Lipinski definition) is 1.